The average Bonchev–Trinajstić information content (AvgIpc) is 2.54. The van der Waals surface area contributed by atoms with Gasteiger partial charge in [0.25, 0.3) is 0 Å². The normalized spacial score (nSPS) is 15.0. The number of nitrogens with zero attached hydrogens (tertiary/aromatic N) is 3. The molecule has 1 N–H and O–H groups in total. The van der Waals surface area contributed by atoms with Gasteiger partial charge in [-0.3, -0.25) is 0 Å². The van der Waals surface area contributed by atoms with Crippen LogP contribution in [0.3, 0.4) is 0 Å². The molecule has 5 nitrogen and oxygen atoms in total. The first-order chi connectivity index (χ1) is 10.3. The van der Waals surface area contributed by atoms with Crippen LogP contribution in [0.1, 0.15) is 5.56 Å². The highest BCUT2D eigenvalue weighted by molar-refractivity contribution is 5.49. The third-order valence-electron chi connectivity index (χ3n) is 3.35. The molecule has 21 heavy (non-hydrogen) atoms. The number of hydrogen-bond donors (Lipinski definition) is 1. The number of pyridine rings is 2. The van der Waals surface area contributed by atoms with E-state index in [1.165, 1.54) is 6.07 Å². The Morgan fingerprint density at radius 3 is 2.86 bits per heavy atom. The molecular formula is C15H17FN4O. The van der Waals surface area contributed by atoms with Crippen LogP contribution < -0.4 is 10.2 Å². The van der Waals surface area contributed by atoms with Gasteiger partial charge >= 0.3 is 0 Å². The molecule has 6 heteroatoms. The van der Waals surface area contributed by atoms with Gasteiger partial charge in [-0.15, -0.1) is 0 Å². The van der Waals surface area contributed by atoms with Crippen molar-refractivity contribution in [3.63, 3.8) is 0 Å². The molecule has 0 spiro atoms. The number of morpholine rings is 1. The Labute approximate surface area is 122 Å². The van der Waals surface area contributed by atoms with Crippen molar-refractivity contribution in [2.24, 2.45) is 0 Å². The summed E-state index contributed by atoms with van der Waals surface area (Å²) in [6.45, 7) is 3.66. The number of nitrogens with one attached hydrogen (secondary N) is 1. The zero-order valence-electron chi connectivity index (χ0n) is 11.6. The Kier molecular flexibility index (Phi) is 4.25. The fraction of sp³-hybridized carbons (Fsp3) is 0.333. The van der Waals surface area contributed by atoms with Gasteiger partial charge in [0.15, 0.2) is 0 Å². The maximum atomic E-state index is 13.1. The van der Waals surface area contributed by atoms with Crippen LogP contribution in [0.15, 0.2) is 36.5 Å². The second-order valence-electron chi connectivity index (χ2n) is 4.78. The van der Waals surface area contributed by atoms with Crippen LogP contribution in [0.4, 0.5) is 16.0 Å². The Balaban J connectivity index is 1.73. The van der Waals surface area contributed by atoms with Crippen LogP contribution in [-0.2, 0) is 11.3 Å². The molecule has 0 bridgehead atoms. The minimum atomic E-state index is -0.486. The number of aromatic nitrogens is 2. The maximum absolute atomic E-state index is 13.1. The van der Waals surface area contributed by atoms with Gasteiger partial charge < -0.3 is 15.0 Å². The molecular weight excluding hydrogens is 271 g/mol. The second-order valence-corrected chi connectivity index (χ2v) is 4.78. The molecule has 0 atom stereocenters. The highest BCUT2D eigenvalue weighted by atomic mass is 19.1. The zero-order chi connectivity index (χ0) is 14.5. The van der Waals surface area contributed by atoms with Crippen molar-refractivity contribution in [3.8, 4) is 0 Å². The smallest absolute Gasteiger partial charge is 0.214 e. The molecule has 2 aromatic rings. The summed E-state index contributed by atoms with van der Waals surface area (Å²) < 4.78 is 18.4. The fourth-order valence-corrected chi connectivity index (χ4v) is 2.32. The molecule has 0 radical (unpaired) electrons. The molecule has 0 aliphatic carbocycles. The predicted molar refractivity (Wildman–Crippen MR) is 78.8 cm³/mol. The number of anilines is 2. The minimum Gasteiger partial charge on any atom is -0.378 e. The molecule has 0 saturated carbocycles. The van der Waals surface area contributed by atoms with E-state index in [9.17, 15) is 4.39 Å². The van der Waals surface area contributed by atoms with Crippen LogP contribution in [0.5, 0.6) is 0 Å². The number of halogens is 1. The summed E-state index contributed by atoms with van der Waals surface area (Å²) in [7, 11) is 0. The quantitative estimate of drug-likeness (QED) is 0.873. The molecule has 1 aliphatic rings. The molecule has 110 valence electrons. The van der Waals surface area contributed by atoms with Crippen molar-refractivity contribution in [1.29, 1.82) is 0 Å². The number of ether oxygens (including phenoxy) is 1. The van der Waals surface area contributed by atoms with Gasteiger partial charge in [-0.05, 0) is 18.2 Å². The van der Waals surface area contributed by atoms with E-state index in [2.05, 4.69) is 20.2 Å². The van der Waals surface area contributed by atoms with Crippen molar-refractivity contribution >= 4 is 11.6 Å². The molecule has 0 amide bonds. The molecule has 3 rings (SSSR count). The van der Waals surface area contributed by atoms with Crippen LogP contribution >= 0.6 is 0 Å². The summed E-state index contributed by atoms with van der Waals surface area (Å²) in [4.78, 5) is 10.5. The maximum Gasteiger partial charge on any atom is 0.214 e. The van der Waals surface area contributed by atoms with Crippen LogP contribution in [0, 0.1) is 5.95 Å². The summed E-state index contributed by atoms with van der Waals surface area (Å²) >= 11 is 0. The van der Waals surface area contributed by atoms with Gasteiger partial charge in [-0.25, -0.2) is 9.97 Å². The van der Waals surface area contributed by atoms with E-state index in [4.69, 9.17) is 4.74 Å². The van der Waals surface area contributed by atoms with E-state index in [1.54, 1.807) is 18.3 Å². The zero-order valence-corrected chi connectivity index (χ0v) is 11.6. The van der Waals surface area contributed by atoms with E-state index in [1.807, 2.05) is 12.1 Å². The largest absolute Gasteiger partial charge is 0.378 e. The van der Waals surface area contributed by atoms with Crippen LogP contribution in [0.2, 0.25) is 0 Å². The standard InChI is InChI=1S/C15H17FN4O/c16-13-4-1-5-14(19-13)18-11-12-3-2-6-17-15(12)20-7-9-21-10-8-20/h1-6H,7-11H2,(H,18,19). The molecule has 3 heterocycles. The van der Waals surface area contributed by atoms with Crippen molar-refractivity contribution in [2.75, 3.05) is 36.5 Å². The lowest BCUT2D eigenvalue weighted by molar-refractivity contribution is 0.122. The second kappa shape index (κ2) is 6.49. The van der Waals surface area contributed by atoms with Gasteiger partial charge in [0.2, 0.25) is 5.95 Å². The van der Waals surface area contributed by atoms with Crippen LogP contribution in [-0.4, -0.2) is 36.3 Å². The summed E-state index contributed by atoms with van der Waals surface area (Å²) in [6.07, 6.45) is 1.79. The molecule has 1 saturated heterocycles. The predicted octanol–water partition coefficient (Wildman–Crippen LogP) is 2.06. The lowest BCUT2D eigenvalue weighted by Crippen LogP contribution is -2.37. The molecule has 0 aromatic carbocycles. The Morgan fingerprint density at radius 2 is 2.05 bits per heavy atom. The van der Waals surface area contributed by atoms with Crippen molar-refractivity contribution < 1.29 is 9.13 Å². The van der Waals surface area contributed by atoms with E-state index in [0.717, 1.165) is 37.7 Å². The molecule has 0 unspecified atom stereocenters. The third-order valence-corrected chi connectivity index (χ3v) is 3.35. The first kappa shape index (κ1) is 13.8. The highest BCUT2D eigenvalue weighted by Crippen LogP contribution is 2.19. The molecule has 2 aromatic heterocycles. The van der Waals surface area contributed by atoms with Gasteiger partial charge in [0.05, 0.1) is 13.2 Å². The first-order valence-electron chi connectivity index (χ1n) is 6.96. The highest BCUT2D eigenvalue weighted by Gasteiger charge is 2.15. The Bertz CT molecular complexity index is 602. The topological polar surface area (TPSA) is 50.3 Å². The lowest BCUT2D eigenvalue weighted by Gasteiger charge is -2.29. The fourth-order valence-electron chi connectivity index (χ4n) is 2.32. The third kappa shape index (κ3) is 3.46. The van der Waals surface area contributed by atoms with Gasteiger partial charge in [0, 0.05) is 31.4 Å². The first-order valence-corrected chi connectivity index (χ1v) is 6.96. The van der Waals surface area contributed by atoms with Crippen LogP contribution in [0.25, 0.3) is 0 Å². The van der Waals surface area contributed by atoms with Gasteiger partial charge in [0.1, 0.15) is 11.6 Å². The lowest BCUT2D eigenvalue weighted by atomic mass is 10.2. The summed E-state index contributed by atoms with van der Waals surface area (Å²) in [5.74, 6) is 0.982. The van der Waals surface area contributed by atoms with Gasteiger partial charge in [-0.2, -0.15) is 4.39 Å². The number of rotatable bonds is 4. The van der Waals surface area contributed by atoms with E-state index in [0.29, 0.717) is 12.4 Å². The summed E-state index contributed by atoms with van der Waals surface area (Å²) in [6, 6.07) is 8.63. The summed E-state index contributed by atoms with van der Waals surface area (Å²) in [5.41, 5.74) is 1.06. The molecule has 1 fully saturated rings. The van der Waals surface area contributed by atoms with Crippen molar-refractivity contribution in [3.05, 3.63) is 48.0 Å². The van der Waals surface area contributed by atoms with Gasteiger partial charge in [-0.1, -0.05) is 12.1 Å². The summed E-state index contributed by atoms with van der Waals surface area (Å²) in [5, 5.41) is 3.13. The van der Waals surface area contributed by atoms with Crippen molar-refractivity contribution in [1.82, 2.24) is 9.97 Å². The Morgan fingerprint density at radius 1 is 1.19 bits per heavy atom. The molecule has 1 aliphatic heterocycles. The SMILES string of the molecule is Fc1cccc(NCc2cccnc2N2CCOCC2)n1. The average molecular weight is 288 g/mol. The van der Waals surface area contributed by atoms with Crippen molar-refractivity contribution in [2.45, 2.75) is 6.54 Å². The minimum absolute atomic E-state index is 0.486. The monoisotopic (exact) mass is 288 g/mol. The van der Waals surface area contributed by atoms with E-state index < -0.39 is 5.95 Å². The Hall–Kier alpha value is -2.21. The van der Waals surface area contributed by atoms with E-state index >= 15 is 0 Å². The van der Waals surface area contributed by atoms with E-state index in [-0.39, 0.29) is 0 Å². The number of hydrogen-bond acceptors (Lipinski definition) is 5.